The van der Waals surface area contributed by atoms with Gasteiger partial charge in [0.1, 0.15) is 0 Å². The maximum atomic E-state index is 5.93. The molecule has 5 heteroatoms. The van der Waals surface area contributed by atoms with Gasteiger partial charge in [0.2, 0.25) is 0 Å². The van der Waals surface area contributed by atoms with E-state index in [1.165, 1.54) is 25.1 Å². The van der Waals surface area contributed by atoms with Crippen LogP contribution in [0.5, 0.6) is 0 Å². The highest BCUT2D eigenvalue weighted by Gasteiger charge is 2.21. The third-order valence-electron chi connectivity index (χ3n) is 4.27. The zero-order valence-corrected chi connectivity index (χ0v) is 14.6. The zero-order chi connectivity index (χ0) is 15.9. The molecule has 1 N–H and O–H groups in total. The molecule has 1 aromatic carbocycles. The van der Waals surface area contributed by atoms with E-state index in [0.717, 1.165) is 36.5 Å². The number of nitrogens with zero attached hydrogens (tertiary/aromatic N) is 3. The highest BCUT2D eigenvalue weighted by Crippen LogP contribution is 2.15. The summed E-state index contributed by atoms with van der Waals surface area (Å²) in [5.74, 6) is 1.67. The van der Waals surface area contributed by atoms with Gasteiger partial charge in [0.15, 0.2) is 5.96 Å². The highest BCUT2D eigenvalue weighted by molar-refractivity contribution is 6.30. The number of hydrogen-bond acceptors (Lipinski definition) is 2. The van der Waals surface area contributed by atoms with Crippen molar-refractivity contribution in [1.82, 2.24) is 15.1 Å². The van der Waals surface area contributed by atoms with Gasteiger partial charge < -0.3 is 15.1 Å². The van der Waals surface area contributed by atoms with E-state index in [0.29, 0.717) is 0 Å². The lowest BCUT2D eigenvalue weighted by Crippen LogP contribution is -2.41. The summed E-state index contributed by atoms with van der Waals surface area (Å²) in [4.78, 5) is 9.05. The molecule has 122 valence electrons. The molecule has 4 nitrogen and oxygen atoms in total. The first-order valence-electron chi connectivity index (χ1n) is 8.01. The quantitative estimate of drug-likeness (QED) is 0.668. The molecule has 2 rings (SSSR count). The van der Waals surface area contributed by atoms with Crippen molar-refractivity contribution in [2.24, 2.45) is 10.9 Å². The first kappa shape index (κ1) is 17.1. The fourth-order valence-corrected chi connectivity index (χ4v) is 3.05. The third kappa shape index (κ3) is 4.89. The van der Waals surface area contributed by atoms with Gasteiger partial charge in [-0.1, -0.05) is 30.7 Å². The Balaban J connectivity index is 1.82. The largest absolute Gasteiger partial charge is 0.356 e. The molecule has 0 aromatic heterocycles. The summed E-state index contributed by atoms with van der Waals surface area (Å²) in [5, 5.41) is 4.28. The Morgan fingerprint density at radius 3 is 2.73 bits per heavy atom. The first-order chi connectivity index (χ1) is 10.6. The molecule has 1 saturated heterocycles. The van der Waals surface area contributed by atoms with Crippen molar-refractivity contribution in [3.8, 4) is 0 Å². The number of halogens is 1. The topological polar surface area (TPSA) is 30.9 Å². The monoisotopic (exact) mass is 322 g/mol. The highest BCUT2D eigenvalue weighted by atomic mass is 35.5. The number of benzene rings is 1. The Bertz CT molecular complexity index is 486. The van der Waals surface area contributed by atoms with Crippen molar-refractivity contribution >= 4 is 17.6 Å². The molecule has 1 atom stereocenters. The van der Waals surface area contributed by atoms with Gasteiger partial charge in [-0.2, -0.15) is 0 Å². The number of hydrogen-bond donors (Lipinski definition) is 1. The van der Waals surface area contributed by atoms with E-state index >= 15 is 0 Å². The normalized spacial score (nSPS) is 19.5. The predicted molar refractivity (Wildman–Crippen MR) is 94.5 cm³/mol. The molecule has 1 fully saturated rings. The van der Waals surface area contributed by atoms with Crippen LogP contribution in [0.3, 0.4) is 0 Å². The molecular weight excluding hydrogens is 296 g/mol. The second-order valence-corrected chi connectivity index (χ2v) is 6.40. The van der Waals surface area contributed by atoms with Crippen LogP contribution in [0.2, 0.25) is 5.02 Å². The van der Waals surface area contributed by atoms with Gasteiger partial charge in [-0.15, -0.1) is 0 Å². The molecule has 0 saturated carbocycles. The molecule has 0 aliphatic carbocycles. The molecule has 1 aliphatic heterocycles. The van der Waals surface area contributed by atoms with Crippen LogP contribution in [-0.2, 0) is 6.54 Å². The van der Waals surface area contributed by atoms with Crippen molar-refractivity contribution in [3.05, 3.63) is 34.9 Å². The van der Waals surface area contributed by atoms with Gasteiger partial charge >= 0.3 is 0 Å². The SMILES string of the molecule is CCN1CCC(CNC(=NC)N(C)Cc2ccc(Cl)cc2)C1. The van der Waals surface area contributed by atoms with Crippen LogP contribution in [0.15, 0.2) is 29.3 Å². The molecule has 0 bridgehead atoms. The van der Waals surface area contributed by atoms with E-state index in [-0.39, 0.29) is 0 Å². The number of guanidine groups is 1. The predicted octanol–water partition coefficient (Wildman–Crippen LogP) is 2.69. The van der Waals surface area contributed by atoms with Crippen LogP contribution in [0.25, 0.3) is 0 Å². The van der Waals surface area contributed by atoms with Crippen LogP contribution in [-0.4, -0.2) is 56.0 Å². The summed E-state index contributed by atoms with van der Waals surface area (Å²) >= 11 is 5.93. The fourth-order valence-electron chi connectivity index (χ4n) is 2.93. The summed E-state index contributed by atoms with van der Waals surface area (Å²) in [6.07, 6.45) is 1.28. The van der Waals surface area contributed by atoms with Crippen molar-refractivity contribution < 1.29 is 0 Å². The second-order valence-electron chi connectivity index (χ2n) is 5.96. The van der Waals surface area contributed by atoms with Gasteiger partial charge in [-0.05, 0) is 43.1 Å². The van der Waals surface area contributed by atoms with Crippen LogP contribution in [0.1, 0.15) is 18.9 Å². The van der Waals surface area contributed by atoms with Crippen molar-refractivity contribution in [2.45, 2.75) is 19.9 Å². The van der Waals surface area contributed by atoms with Crippen LogP contribution >= 0.6 is 11.6 Å². The van der Waals surface area contributed by atoms with Crippen molar-refractivity contribution in [2.75, 3.05) is 40.3 Å². The minimum atomic E-state index is 0.723. The van der Waals surface area contributed by atoms with Crippen LogP contribution in [0, 0.1) is 5.92 Å². The summed E-state index contributed by atoms with van der Waals surface area (Å²) < 4.78 is 0. The smallest absolute Gasteiger partial charge is 0.193 e. The lowest BCUT2D eigenvalue weighted by atomic mass is 10.1. The average Bonchev–Trinajstić information content (AvgIpc) is 2.98. The number of nitrogens with one attached hydrogen (secondary N) is 1. The molecule has 1 unspecified atom stereocenters. The van der Waals surface area contributed by atoms with Gasteiger partial charge in [-0.25, -0.2) is 0 Å². The molecule has 1 aliphatic rings. The minimum Gasteiger partial charge on any atom is -0.356 e. The van der Waals surface area contributed by atoms with E-state index < -0.39 is 0 Å². The molecule has 1 aromatic rings. The molecule has 1 heterocycles. The van der Waals surface area contributed by atoms with Crippen LogP contribution < -0.4 is 5.32 Å². The second kappa shape index (κ2) is 8.39. The number of aliphatic imine (C=N–C) groups is 1. The van der Waals surface area contributed by atoms with Gasteiger partial charge in [0.05, 0.1) is 0 Å². The van der Waals surface area contributed by atoms with Crippen LogP contribution in [0.4, 0.5) is 0 Å². The summed E-state index contributed by atoms with van der Waals surface area (Å²) in [6.45, 7) is 7.62. The maximum absolute atomic E-state index is 5.93. The van der Waals surface area contributed by atoms with E-state index in [1.807, 2.05) is 19.2 Å². The lowest BCUT2D eigenvalue weighted by Gasteiger charge is -2.23. The standard InChI is InChI=1S/C17H27ClN4/c1-4-22-10-9-15(13-22)11-20-17(19-2)21(3)12-14-5-7-16(18)8-6-14/h5-8,15H,4,9-13H2,1-3H3,(H,19,20). The Morgan fingerprint density at radius 2 is 2.14 bits per heavy atom. The maximum Gasteiger partial charge on any atom is 0.193 e. The molecule has 0 amide bonds. The summed E-state index contributed by atoms with van der Waals surface area (Å²) in [5.41, 5.74) is 1.23. The number of likely N-dealkylation sites (tertiary alicyclic amines) is 1. The minimum absolute atomic E-state index is 0.723. The summed E-state index contributed by atoms with van der Waals surface area (Å²) in [7, 11) is 3.91. The van der Waals surface area contributed by atoms with E-state index in [4.69, 9.17) is 11.6 Å². The lowest BCUT2D eigenvalue weighted by molar-refractivity contribution is 0.340. The molecule has 0 radical (unpaired) electrons. The van der Waals surface area contributed by atoms with Gasteiger partial charge in [-0.3, -0.25) is 4.99 Å². The Kier molecular flexibility index (Phi) is 6.52. The molecule has 0 spiro atoms. The molecular formula is C17H27ClN4. The van der Waals surface area contributed by atoms with E-state index in [1.54, 1.807) is 0 Å². The molecule has 22 heavy (non-hydrogen) atoms. The third-order valence-corrected chi connectivity index (χ3v) is 4.52. The van der Waals surface area contributed by atoms with E-state index in [9.17, 15) is 0 Å². The van der Waals surface area contributed by atoms with Crippen molar-refractivity contribution in [1.29, 1.82) is 0 Å². The first-order valence-corrected chi connectivity index (χ1v) is 8.38. The fraction of sp³-hybridized carbons (Fsp3) is 0.588. The summed E-state index contributed by atoms with van der Waals surface area (Å²) in [6, 6.07) is 7.97. The van der Waals surface area contributed by atoms with E-state index in [2.05, 4.69) is 46.2 Å². The van der Waals surface area contributed by atoms with Crippen molar-refractivity contribution in [3.63, 3.8) is 0 Å². The van der Waals surface area contributed by atoms with Gasteiger partial charge in [0.25, 0.3) is 0 Å². The Morgan fingerprint density at radius 1 is 1.41 bits per heavy atom. The number of rotatable bonds is 5. The zero-order valence-electron chi connectivity index (χ0n) is 13.8. The van der Waals surface area contributed by atoms with Gasteiger partial charge in [0, 0.05) is 38.8 Å². The Labute approximate surface area is 139 Å². The average molecular weight is 323 g/mol. The Hall–Kier alpha value is -1.26.